The van der Waals surface area contributed by atoms with Crippen LogP contribution < -0.4 is 4.90 Å². The number of unbranched alkanes of at least 4 members (excludes halogenated alkanes) is 1. The van der Waals surface area contributed by atoms with Crippen LogP contribution in [0.4, 0.5) is 11.4 Å². The molecule has 0 atom stereocenters. The molecule has 3 fully saturated rings. The highest BCUT2D eigenvalue weighted by atomic mass is 33.6. The Labute approximate surface area is 498 Å². The molecule has 31 heteroatoms. The zero-order chi connectivity index (χ0) is 62.0. The molecule has 0 aliphatic carbocycles. The van der Waals surface area contributed by atoms with E-state index in [0.717, 1.165) is 17.7 Å². The number of anilines is 1. The molecule has 0 radical (unpaired) electrons. The van der Waals surface area contributed by atoms with E-state index in [4.69, 9.17) is 4.84 Å². The minimum atomic E-state index is -5.13. The number of allylic oxidation sites excluding steroid dienone is 6. The molecule has 3 saturated heterocycles. The molecule has 5 heterocycles. The Morgan fingerprint density at radius 3 is 1.84 bits per heavy atom. The molecule has 2 amide bonds. The first-order valence-electron chi connectivity index (χ1n) is 26.1. The fourth-order valence-corrected chi connectivity index (χ4v) is 25.2. The van der Waals surface area contributed by atoms with E-state index in [2.05, 4.69) is 0 Å². The van der Waals surface area contributed by atoms with Gasteiger partial charge in [-0.25, -0.2) is 4.79 Å². The van der Waals surface area contributed by atoms with Gasteiger partial charge in [0.1, 0.15) is 9.79 Å². The highest BCUT2D eigenvalue weighted by Crippen LogP contribution is 2.93. The third-order valence-electron chi connectivity index (χ3n) is 15.7. The van der Waals surface area contributed by atoms with Gasteiger partial charge < -0.3 is 9.74 Å². The van der Waals surface area contributed by atoms with Crippen molar-refractivity contribution in [2.75, 3.05) is 23.7 Å². The van der Waals surface area contributed by atoms with Crippen LogP contribution in [0.5, 0.6) is 0 Å². The van der Waals surface area contributed by atoms with Gasteiger partial charge in [-0.2, -0.15) is 46.7 Å². The predicted molar refractivity (Wildman–Crippen MR) is 320 cm³/mol. The highest BCUT2D eigenvalue weighted by molar-refractivity contribution is 9.38. The number of rotatable bonds is 21. The minimum absolute atomic E-state index is 0.000990. The molecule has 23 nitrogen and oxygen atoms in total. The molecule has 5 aliphatic heterocycles. The highest BCUT2D eigenvalue weighted by Gasteiger charge is 2.81. The van der Waals surface area contributed by atoms with Gasteiger partial charge in [0.05, 0.1) is 21.0 Å². The Morgan fingerprint density at radius 1 is 0.706 bits per heavy atom. The van der Waals surface area contributed by atoms with Crippen molar-refractivity contribution in [2.24, 2.45) is 0 Å². The predicted octanol–water partition coefficient (Wildman–Crippen LogP) is 7.66. The lowest BCUT2D eigenvalue weighted by molar-refractivity contribution is -0.437. The Balaban J connectivity index is 1.12. The Bertz CT molecular complexity index is 4560. The summed E-state index contributed by atoms with van der Waals surface area (Å²) >= 11 is 0. The van der Waals surface area contributed by atoms with Crippen molar-refractivity contribution in [3.63, 3.8) is 0 Å². The maximum atomic E-state index is 13.2. The summed E-state index contributed by atoms with van der Waals surface area (Å²) in [5.74, 6) is -2.66. The number of imide groups is 1. The largest absolute Gasteiger partial charge is 0.344 e. The first-order valence-corrected chi connectivity index (χ1v) is 38.0. The number of carbonyl (C=O) groups excluding carboxylic acids is 3. The van der Waals surface area contributed by atoms with Gasteiger partial charge in [-0.05, 0) is 143 Å². The summed E-state index contributed by atoms with van der Waals surface area (Å²) in [7, 11) is -24.5. The zero-order valence-corrected chi connectivity index (χ0v) is 52.1. The number of benzene rings is 5. The molecule has 0 aromatic heterocycles. The van der Waals surface area contributed by atoms with Gasteiger partial charge in [0.15, 0.2) is 15.7 Å². The summed E-state index contributed by atoms with van der Waals surface area (Å²) in [6.07, 6.45) is 8.28. The first kappa shape index (κ1) is 62.4. The molecule has 0 bridgehead atoms. The van der Waals surface area contributed by atoms with E-state index in [1.807, 2.05) is 36.6 Å². The van der Waals surface area contributed by atoms with Crippen LogP contribution >= 0.6 is 21.6 Å². The molecule has 10 rings (SSSR count). The van der Waals surface area contributed by atoms with Gasteiger partial charge in [-0.1, -0.05) is 50.3 Å². The number of fused-ring (bicyclic) bond motifs is 7. The monoisotopic (exact) mass is 1320 g/mol. The van der Waals surface area contributed by atoms with E-state index >= 15 is 0 Å². The molecule has 5 aliphatic rings. The normalized spacial score (nSPS) is 20.9. The molecule has 0 spiro atoms. The van der Waals surface area contributed by atoms with Crippen LogP contribution in [0.2, 0.25) is 0 Å². The smallest absolute Gasteiger partial charge is 0.333 e. The number of hydroxylamine groups is 2. The summed E-state index contributed by atoms with van der Waals surface area (Å²) in [5, 5.41) is 0.420. The van der Waals surface area contributed by atoms with Crippen LogP contribution in [-0.4, -0.2) is 124 Å². The summed E-state index contributed by atoms with van der Waals surface area (Å²) < 4.78 is 192. The van der Waals surface area contributed by atoms with Crippen LogP contribution in [0.15, 0.2) is 122 Å². The number of hydrogen-bond donors (Lipinski definition) is 6. The molecule has 0 unspecified atom stereocenters. The number of carbonyl (C=O) groups is 3. The number of thiol groups is 1. The first-order chi connectivity index (χ1) is 39.3. The second kappa shape index (κ2) is 21.6. The van der Waals surface area contributed by atoms with Crippen molar-refractivity contribution in [2.45, 2.75) is 113 Å². The van der Waals surface area contributed by atoms with Crippen LogP contribution in [0.3, 0.4) is 0 Å². The molecule has 454 valence electrons. The molecule has 5 aromatic carbocycles. The van der Waals surface area contributed by atoms with E-state index in [9.17, 15) is 83.4 Å². The molecular formula is C54H56N3O20S8+. The van der Waals surface area contributed by atoms with Gasteiger partial charge in [-0.15, -0.1) is 5.06 Å². The van der Waals surface area contributed by atoms with Crippen molar-refractivity contribution >= 4 is 142 Å². The third kappa shape index (κ3) is 12.1. The second-order valence-corrected chi connectivity index (χ2v) is 38.5. The second-order valence-electron chi connectivity index (χ2n) is 22.0. The molecule has 0 saturated carbocycles. The lowest BCUT2D eigenvalue weighted by Crippen LogP contribution is -2.31. The Morgan fingerprint density at radius 2 is 1.28 bits per heavy atom. The summed E-state index contributed by atoms with van der Waals surface area (Å²) in [5.41, 5.74) is 2.15. The summed E-state index contributed by atoms with van der Waals surface area (Å²) in [6.45, 7) is 7.29. The van der Waals surface area contributed by atoms with Crippen LogP contribution in [0.1, 0.15) is 94.9 Å². The average molecular weight is 1320 g/mol. The van der Waals surface area contributed by atoms with Gasteiger partial charge in [0.25, 0.3) is 62.4 Å². The molecule has 5 N–H and O–H groups in total. The number of hydrogen-bond acceptors (Lipinski definition) is 18. The van der Waals surface area contributed by atoms with Crippen LogP contribution in [0, 0.1) is 0 Å². The maximum Gasteiger partial charge on any atom is 0.333 e. The Kier molecular flexibility index (Phi) is 15.8. The Hall–Kier alpha value is -5.68. The molecular weight excluding hydrogens is 1270 g/mol. The quantitative estimate of drug-likeness (QED) is 0.00600. The van der Waals surface area contributed by atoms with E-state index in [1.54, 1.807) is 55.2 Å². The van der Waals surface area contributed by atoms with Crippen molar-refractivity contribution < 1.29 is 92.9 Å². The standard InChI is InChI=1S/C54H55N3O20S8/c1-52(2)45(55(24-8-26-80(61,62)63)41-17-15-37-39(50(41)52)28-35(81(64,65)66)30-43(37)83(70,71)72)19-13-33(34-11-7-10-32(27-34)9-5-6-12-49(60)77-57-47(58)21-22-48(57)59)14-20-46-53(3,4)51-40-29-36(82(67,68)69)31-44(84(73,74)75)38(40)16-18-42(51)56(46)25-23-54-78-85(54,76)79-54/h7,10-11,13-20,27-31,85H,5-6,8-9,12,21-26H2,1-4H3,(H4-,61,62,63,64,65,66,67,68,69,70,71,72,73,74,75)/p+1. The lowest BCUT2D eigenvalue weighted by atomic mass is 9.78. The zero-order valence-electron chi connectivity index (χ0n) is 45.5. The van der Waals surface area contributed by atoms with Crippen LogP contribution in [-0.2, 0) is 95.1 Å². The number of aryl methyl sites for hydroxylation is 1. The van der Waals surface area contributed by atoms with Crippen LogP contribution in [0.25, 0.3) is 27.1 Å². The maximum absolute atomic E-state index is 13.2. The fourth-order valence-electron chi connectivity index (χ4n) is 11.6. The summed E-state index contributed by atoms with van der Waals surface area (Å²) in [6, 6.07) is 16.7. The van der Waals surface area contributed by atoms with Gasteiger partial charge in [0, 0.05) is 85.5 Å². The molecule has 85 heavy (non-hydrogen) atoms. The van der Waals surface area contributed by atoms with E-state index in [-0.39, 0.29) is 60.3 Å². The third-order valence-corrected chi connectivity index (χ3v) is 31.2. The minimum Gasteiger partial charge on any atom is -0.344 e. The van der Waals surface area contributed by atoms with Gasteiger partial charge >= 0.3 is 5.97 Å². The van der Waals surface area contributed by atoms with Crippen molar-refractivity contribution in [1.29, 1.82) is 0 Å². The van der Waals surface area contributed by atoms with Crippen molar-refractivity contribution in [3.8, 4) is 0 Å². The van der Waals surface area contributed by atoms with Crippen molar-refractivity contribution in [3.05, 3.63) is 125 Å². The van der Waals surface area contributed by atoms with Gasteiger partial charge in [0.2, 0.25) is 5.69 Å². The van der Waals surface area contributed by atoms with Crippen molar-refractivity contribution in [1.82, 2.24) is 5.06 Å². The topological polar surface area (TPSA) is 359 Å². The number of amides is 2. The lowest BCUT2D eigenvalue weighted by Gasteiger charge is -2.27. The van der Waals surface area contributed by atoms with E-state index in [1.165, 1.54) is 39.8 Å². The fraction of sp³-hybridized carbons (Fsp3) is 0.333. The number of nitrogens with zero attached hydrogens (tertiary/aromatic N) is 3. The van der Waals surface area contributed by atoms with E-state index in [0.29, 0.717) is 87.9 Å². The van der Waals surface area contributed by atoms with Gasteiger partial charge in [-0.3, -0.25) is 36.6 Å². The van der Waals surface area contributed by atoms with E-state index < -0.39 is 116 Å². The average Bonchev–Trinajstić information content (AvgIpc) is 1.49. The SMILES string of the molecule is CC1(C)C(/C=C/C(=C/C=C2/N(CCCS(=O)(=O)O)c3ccc4c(S(=O)(=O)O)cc(S(=O)(=O)O)cc4c3C2(C)C)c2cccc(CCCCC(=O)ON3C(=O)CCC3=O)c2)=[N+](CCC23S[SH]2(=O)S3)c2ccc3c(S(=O)(=O)O)cc(S(=O)(=O)O)cc3c21. The molecule has 5 aromatic rings. The summed E-state index contributed by atoms with van der Waals surface area (Å²) in [4.78, 5) is 40.3.